The fraction of sp³-hybridized carbons (Fsp3) is 0.105. The molecular formula is C19H15BrN2O3S. The minimum atomic E-state index is -0.518. The van der Waals surface area contributed by atoms with Crippen molar-refractivity contribution < 1.29 is 14.3 Å². The lowest BCUT2D eigenvalue weighted by Gasteiger charge is -2.29. The first-order valence-electron chi connectivity index (χ1n) is 7.72. The maximum atomic E-state index is 12.9. The maximum absolute atomic E-state index is 12.9. The molecule has 26 heavy (non-hydrogen) atoms. The Labute approximate surface area is 164 Å². The van der Waals surface area contributed by atoms with Crippen LogP contribution in [0.3, 0.4) is 0 Å². The van der Waals surface area contributed by atoms with E-state index in [2.05, 4.69) is 21.2 Å². The van der Waals surface area contributed by atoms with E-state index >= 15 is 0 Å². The monoisotopic (exact) mass is 430 g/mol. The maximum Gasteiger partial charge on any atom is 0.270 e. The van der Waals surface area contributed by atoms with E-state index in [0.717, 1.165) is 10.0 Å². The minimum absolute atomic E-state index is 0.0104. The number of ether oxygens (including phenoxy) is 1. The Bertz CT molecular complexity index is 938. The SMILES string of the molecule is COc1ccc(C=C2C(=O)NC(=S)N(c3ccc(C)cc3)C2=O)cc1Br. The third-order valence-electron chi connectivity index (χ3n) is 3.88. The van der Waals surface area contributed by atoms with Crippen LogP contribution in [0, 0.1) is 6.92 Å². The zero-order valence-corrected chi connectivity index (χ0v) is 16.5. The normalized spacial score (nSPS) is 16.0. The Balaban J connectivity index is 1.99. The van der Waals surface area contributed by atoms with Crippen LogP contribution in [-0.4, -0.2) is 24.0 Å². The van der Waals surface area contributed by atoms with Gasteiger partial charge in [0.1, 0.15) is 11.3 Å². The highest BCUT2D eigenvalue weighted by Gasteiger charge is 2.34. The number of rotatable bonds is 3. The lowest BCUT2D eigenvalue weighted by Crippen LogP contribution is -2.54. The topological polar surface area (TPSA) is 58.6 Å². The van der Waals surface area contributed by atoms with Gasteiger partial charge in [0.05, 0.1) is 17.3 Å². The van der Waals surface area contributed by atoms with Crippen LogP contribution in [-0.2, 0) is 9.59 Å². The van der Waals surface area contributed by atoms with Crippen molar-refractivity contribution >= 4 is 56.8 Å². The van der Waals surface area contributed by atoms with Crippen molar-refractivity contribution in [1.82, 2.24) is 5.32 Å². The van der Waals surface area contributed by atoms with Crippen LogP contribution in [0.15, 0.2) is 52.5 Å². The molecule has 5 nitrogen and oxygen atoms in total. The van der Waals surface area contributed by atoms with Gasteiger partial charge in [0.15, 0.2) is 5.11 Å². The highest BCUT2D eigenvalue weighted by molar-refractivity contribution is 9.10. The highest BCUT2D eigenvalue weighted by Crippen LogP contribution is 2.28. The fourth-order valence-corrected chi connectivity index (χ4v) is 3.36. The molecule has 1 heterocycles. The molecule has 2 aromatic carbocycles. The molecule has 0 atom stereocenters. The van der Waals surface area contributed by atoms with Crippen LogP contribution in [0.25, 0.3) is 6.08 Å². The second-order valence-corrected chi connectivity index (χ2v) is 6.93. The third kappa shape index (κ3) is 3.54. The minimum Gasteiger partial charge on any atom is -0.496 e. The van der Waals surface area contributed by atoms with Crippen molar-refractivity contribution in [2.45, 2.75) is 6.92 Å². The van der Waals surface area contributed by atoms with Crippen molar-refractivity contribution in [2.75, 3.05) is 12.0 Å². The standard InChI is InChI=1S/C19H15BrN2O3S/c1-11-3-6-13(7-4-11)22-18(24)14(17(23)21-19(22)26)9-12-5-8-16(25-2)15(20)10-12/h3-10H,1-2H3,(H,21,23,26). The van der Waals surface area contributed by atoms with Crippen LogP contribution < -0.4 is 15.0 Å². The number of thiocarbonyl (C=S) groups is 1. The molecule has 0 aromatic heterocycles. The molecule has 1 aliphatic rings. The van der Waals surface area contributed by atoms with E-state index in [-0.39, 0.29) is 10.7 Å². The first kappa shape index (κ1) is 18.3. The van der Waals surface area contributed by atoms with Gasteiger partial charge in [0, 0.05) is 0 Å². The van der Waals surface area contributed by atoms with Crippen molar-refractivity contribution in [3.05, 3.63) is 63.6 Å². The molecule has 0 saturated carbocycles. The molecule has 1 N–H and O–H groups in total. The molecule has 132 valence electrons. The van der Waals surface area contributed by atoms with Crippen LogP contribution >= 0.6 is 28.1 Å². The van der Waals surface area contributed by atoms with Gasteiger partial charge in [-0.3, -0.25) is 19.8 Å². The molecule has 0 bridgehead atoms. The Hall–Kier alpha value is -2.51. The number of benzene rings is 2. The molecule has 2 aromatic rings. The Morgan fingerprint density at radius 2 is 1.85 bits per heavy atom. The lowest BCUT2D eigenvalue weighted by molar-refractivity contribution is -0.122. The van der Waals surface area contributed by atoms with Gasteiger partial charge in [-0.1, -0.05) is 23.8 Å². The van der Waals surface area contributed by atoms with Crippen molar-refractivity contribution in [1.29, 1.82) is 0 Å². The number of methoxy groups -OCH3 is 1. The van der Waals surface area contributed by atoms with E-state index in [9.17, 15) is 9.59 Å². The number of hydrogen-bond acceptors (Lipinski definition) is 4. The number of anilines is 1. The van der Waals surface area contributed by atoms with Crippen molar-refractivity contribution in [3.63, 3.8) is 0 Å². The second-order valence-electron chi connectivity index (χ2n) is 5.69. The van der Waals surface area contributed by atoms with Crippen molar-refractivity contribution in [2.24, 2.45) is 0 Å². The molecule has 0 spiro atoms. The van der Waals surface area contributed by atoms with Gasteiger partial charge < -0.3 is 4.74 Å². The number of aryl methyl sites for hydroxylation is 1. The second kappa shape index (κ2) is 7.39. The molecule has 1 fully saturated rings. The molecule has 7 heteroatoms. The molecular weight excluding hydrogens is 416 g/mol. The van der Waals surface area contributed by atoms with Gasteiger partial charge >= 0.3 is 0 Å². The fourth-order valence-electron chi connectivity index (χ4n) is 2.52. The van der Waals surface area contributed by atoms with Crippen LogP contribution in [0.2, 0.25) is 0 Å². The largest absolute Gasteiger partial charge is 0.496 e. The van der Waals surface area contributed by atoms with E-state index in [1.165, 1.54) is 11.0 Å². The summed E-state index contributed by atoms with van der Waals surface area (Å²) < 4.78 is 5.92. The van der Waals surface area contributed by atoms with Crippen LogP contribution in [0.5, 0.6) is 5.75 Å². The summed E-state index contributed by atoms with van der Waals surface area (Å²) in [4.78, 5) is 26.5. The summed E-state index contributed by atoms with van der Waals surface area (Å²) in [6.45, 7) is 1.95. The van der Waals surface area contributed by atoms with Gasteiger partial charge in [0.25, 0.3) is 11.8 Å². The van der Waals surface area contributed by atoms with E-state index in [4.69, 9.17) is 17.0 Å². The quantitative estimate of drug-likeness (QED) is 0.459. The molecule has 1 saturated heterocycles. The van der Waals surface area contributed by atoms with Gasteiger partial charge in [-0.25, -0.2) is 0 Å². The number of nitrogens with zero attached hydrogens (tertiary/aromatic N) is 1. The molecule has 0 radical (unpaired) electrons. The zero-order valence-electron chi connectivity index (χ0n) is 14.1. The summed E-state index contributed by atoms with van der Waals surface area (Å²) in [5, 5.41) is 2.64. The zero-order chi connectivity index (χ0) is 18.8. The summed E-state index contributed by atoms with van der Waals surface area (Å²) >= 11 is 8.59. The first-order chi connectivity index (χ1) is 12.4. The predicted molar refractivity (Wildman–Crippen MR) is 108 cm³/mol. The Morgan fingerprint density at radius 1 is 1.15 bits per heavy atom. The van der Waals surface area contributed by atoms with Crippen LogP contribution in [0.1, 0.15) is 11.1 Å². The summed E-state index contributed by atoms with van der Waals surface area (Å²) in [6.07, 6.45) is 1.53. The number of hydrogen-bond donors (Lipinski definition) is 1. The molecule has 0 unspecified atom stereocenters. The number of nitrogens with one attached hydrogen (secondary N) is 1. The third-order valence-corrected chi connectivity index (χ3v) is 4.79. The number of carbonyl (C=O) groups excluding carboxylic acids is 2. The average molecular weight is 431 g/mol. The molecule has 1 aliphatic heterocycles. The number of amides is 2. The summed E-state index contributed by atoms with van der Waals surface area (Å²) in [5.74, 6) is -0.320. The highest BCUT2D eigenvalue weighted by atomic mass is 79.9. The summed E-state index contributed by atoms with van der Waals surface area (Å²) in [6, 6.07) is 12.6. The van der Waals surface area contributed by atoms with E-state index in [1.807, 2.05) is 19.1 Å². The number of halogens is 1. The Kier molecular flexibility index (Phi) is 5.20. The Morgan fingerprint density at radius 3 is 2.46 bits per heavy atom. The van der Waals surface area contributed by atoms with E-state index < -0.39 is 11.8 Å². The van der Waals surface area contributed by atoms with Crippen molar-refractivity contribution in [3.8, 4) is 5.75 Å². The van der Waals surface area contributed by atoms with E-state index in [1.54, 1.807) is 37.4 Å². The smallest absolute Gasteiger partial charge is 0.270 e. The van der Waals surface area contributed by atoms with Crippen LogP contribution in [0.4, 0.5) is 5.69 Å². The average Bonchev–Trinajstić information content (AvgIpc) is 2.60. The van der Waals surface area contributed by atoms with Gasteiger partial charge in [-0.05, 0) is 71.0 Å². The lowest BCUT2D eigenvalue weighted by atomic mass is 10.1. The molecule has 2 amide bonds. The first-order valence-corrected chi connectivity index (χ1v) is 8.92. The van der Waals surface area contributed by atoms with Gasteiger partial charge in [-0.15, -0.1) is 0 Å². The summed E-state index contributed by atoms with van der Waals surface area (Å²) in [5.41, 5.74) is 2.36. The summed E-state index contributed by atoms with van der Waals surface area (Å²) in [7, 11) is 1.57. The number of carbonyl (C=O) groups is 2. The van der Waals surface area contributed by atoms with Gasteiger partial charge in [-0.2, -0.15) is 0 Å². The van der Waals surface area contributed by atoms with Gasteiger partial charge in [0.2, 0.25) is 0 Å². The molecule has 3 rings (SSSR count). The predicted octanol–water partition coefficient (Wildman–Crippen LogP) is 3.60. The van der Waals surface area contributed by atoms with E-state index in [0.29, 0.717) is 17.0 Å². The molecule has 0 aliphatic carbocycles.